The van der Waals surface area contributed by atoms with E-state index in [4.69, 9.17) is 10.5 Å². The summed E-state index contributed by atoms with van der Waals surface area (Å²) in [5.74, 6) is -0.0991. The Balaban J connectivity index is 1.76. The highest BCUT2D eigenvalue weighted by Gasteiger charge is 2.23. The van der Waals surface area contributed by atoms with E-state index in [2.05, 4.69) is 4.98 Å². The number of hydrogen-bond donors (Lipinski definition) is 1. The van der Waals surface area contributed by atoms with Gasteiger partial charge >= 0.3 is 6.03 Å². The van der Waals surface area contributed by atoms with Gasteiger partial charge in [0.2, 0.25) is 5.91 Å². The summed E-state index contributed by atoms with van der Waals surface area (Å²) in [6.07, 6.45) is 3.79. The van der Waals surface area contributed by atoms with Crippen LogP contribution in [0.3, 0.4) is 0 Å². The quantitative estimate of drug-likeness (QED) is 0.786. The van der Waals surface area contributed by atoms with Crippen LogP contribution in [0, 0.1) is 5.82 Å². The molecule has 0 radical (unpaired) electrons. The summed E-state index contributed by atoms with van der Waals surface area (Å²) in [6, 6.07) is 7.29. The van der Waals surface area contributed by atoms with Gasteiger partial charge in [-0.15, -0.1) is 0 Å². The van der Waals surface area contributed by atoms with Crippen LogP contribution in [0.4, 0.5) is 14.9 Å². The number of primary amides is 1. The number of likely N-dealkylation sites (tertiary alicyclic amines) is 1. The van der Waals surface area contributed by atoms with E-state index in [1.165, 1.54) is 24.0 Å². The summed E-state index contributed by atoms with van der Waals surface area (Å²) in [6.45, 7) is 4.79. The van der Waals surface area contributed by atoms with E-state index in [1.807, 2.05) is 13.0 Å². The molecular weight excluding hydrogens is 387 g/mol. The van der Waals surface area contributed by atoms with Crippen molar-refractivity contribution in [3.8, 4) is 5.75 Å². The molecular formula is C22H27FN4O3. The van der Waals surface area contributed by atoms with Crippen LogP contribution >= 0.6 is 0 Å². The Labute approximate surface area is 175 Å². The first-order valence-electron chi connectivity index (χ1n) is 10.1. The summed E-state index contributed by atoms with van der Waals surface area (Å²) >= 11 is 0. The zero-order valence-electron chi connectivity index (χ0n) is 17.3. The lowest BCUT2D eigenvalue weighted by molar-refractivity contribution is -0.131. The van der Waals surface area contributed by atoms with Crippen molar-refractivity contribution in [2.45, 2.75) is 45.8 Å². The van der Waals surface area contributed by atoms with Gasteiger partial charge in [0.1, 0.15) is 17.7 Å². The number of benzene rings is 1. The van der Waals surface area contributed by atoms with Crippen molar-refractivity contribution < 1.29 is 18.7 Å². The molecule has 0 aliphatic carbocycles. The molecule has 0 spiro atoms. The number of urea groups is 1. The second kappa shape index (κ2) is 9.56. The zero-order chi connectivity index (χ0) is 21.7. The van der Waals surface area contributed by atoms with Gasteiger partial charge in [-0.25, -0.2) is 9.18 Å². The number of piperidine rings is 1. The average molecular weight is 414 g/mol. The molecule has 0 saturated carbocycles. The Morgan fingerprint density at radius 2 is 2.13 bits per heavy atom. The molecule has 2 N–H and O–H groups in total. The molecule has 1 aliphatic heterocycles. The molecule has 7 nitrogen and oxygen atoms in total. The maximum Gasteiger partial charge on any atom is 0.319 e. The molecule has 3 rings (SSSR count). The number of aromatic nitrogens is 1. The number of carbonyl (C=O) groups is 2. The number of pyridine rings is 1. The van der Waals surface area contributed by atoms with Crippen LogP contribution in [-0.4, -0.2) is 41.0 Å². The molecule has 1 aliphatic rings. The van der Waals surface area contributed by atoms with Crippen molar-refractivity contribution in [3.63, 3.8) is 0 Å². The third-order valence-corrected chi connectivity index (χ3v) is 5.15. The molecule has 1 fully saturated rings. The van der Waals surface area contributed by atoms with Gasteiger partial charge in [-0.2, -0.15) is 0 Å². The second-order valence-corrected chi connectivity index (χ2v) is 7.43. The number of nitrogens with zero attached hydrogens (tertiary/aromatic N) is 3. The number of rotatable bonds is 6. The monoisotopic (exact) mass is 414 g/mol. The number of ether oxygens (including phenoxy) is 1. The molecule has 8 heteroatoms. The maximum absolute atomic E-state index is 14.2. The van der Waals surface area contributed by atoms with Gasteiger partial charge in [-0.05, 0) is 49.1 Å². The third-order valence-electron chi connectivity index (χ3n) is 5.15. The van der Waals surface area contributed by atoms with Gasteiger partial charge in [-0.3, -0.25) is 14.7 Å². The lowest BCUT2D eigenvalue weighted by atomic mass is 10.1. The van der Waals surface area contributed by atoms with Crippen molar-refractivity contribution in [3.05, 3.63) is 53.6 Å². The molecule has 1 atom stereocenters. The molecule has 1 aromatic carbocycles. The summed E-state index contributed by atoms with van der Waals surface area (Å²) in [5.41, 5.74) is 7.53. The fourth-order valence-corrected chi connectivity index (χ4v) is 3.56. The lowest BCUT2D eigenvalue weighted by Gasteiger charge is -2.32. The Morgan fingerprint density at radius 1 is 1.33 bits per heavy atom. The van der Waals surface area contributed by atoms with Crippen molar-refractivity contribution in [1.29, 1.82) is 0 Å². The van der Waals surface area contributed by atoms with E-state index >= 15 is 0 Å². The molecule has 1 saturated heterocycles. The van der Waals surface area contributed by atoms with Gasteiger partial charge in [0.15, 0.2) is 0 Å². The highest BCUT2D eigenvalue weighted by Crippen LogP contribution is 2.24. The molecule has 3 amide bonds. The van der Waals surface area contributed by atoms with Crippen LogP contribution in [0.2, 0.25) is 0 Å². The first-order valence-corrected chi connectivity index (χ1v) is 10.1. The largest absolute Gasteiger partial charge is 0.488 e. The maximum atomic E-state index is 14.2. The summed E-state index contributed by atoms with van der Waals surface area (Å²) in [5, 5.41) is 0. The first-order chi connectivity index (χ1) is 14.4. The Morgan fingerprint density at radius 3 is 2.77 bits per heavy atom. The van der Waals surface area contributed by atoms with E-state index in [0.717, 1.165) is 25.0 Å². The molecule has 1 aromatic heterocycles. The van der Waals surface area contributed by atoms with E-state index in [-0.39, 0.29) is 18.6 Å². The fourth-order valence-electron chi connectivity index (χ4n) is 3.56. The van der Waals surface area contributed by atoms with Gasteiger partial charge in [0.05, 0.1) is 25.0 Å². The molecule has 2 heterocycles. The van der Waals surface area contributed by atoms with E-state index in [0.29, 0.717) is 30.1 Å². The van der Waals surface area contributed by atoms with Crippen molar-refractivity contribution >= 4 is 17.6 Å². The average Bonchev–Trinajstić information content (AvgIpc) is 2.72. The summed E-state index contributed by atoms with van der Waals surface area (Å²) < 4.78 is 20.2. The normalized spacial score (nSPS) is 16.2. The number of hydrogen-bond acceptors (Lipinski definition) is 4. The van der Waals surface area contributed by atoms with Gasteiger partial charge < -0.3 is 15.4 Å². The minimum Gasteiger partial charge on any atom is -0.488 e. The molecule has 30 heavy (non-hydrogen) atoms. The molecule has 0 unspecified atom stereocenters. The minimum absolute atomic E-state index is 0.00281. The number of nitrogens with two attached hydrogens (primary N) is 1. The number of amides is 3. The number of aryl methyl sites for hydroxylation is 1. The number of carbonyl (C=O) groups excluding carboxylic acids is 2. The van der Waals surface area contributed by atoms with Crippen molar-refractivity contribution in [2.24, 2.45) is 5.73 Å². The Bertz CT molecular complexity index is 904. The lowest BCUT2D eigenvalue weighted by Crippen LogP contribution is -2.43. The first kappa shape index (κ1) is 21.5. The van der Waals surface area contributed by atoms with Crippen LogP contribution in [0.25, 0.3) is 0 Å². The van der Waals surface area contributed by atoms with Gasteiger partial charge in [0.25, 0.3) is 0 Å². The molecule has 2 aromatic rings. The minimum atomic E-state index is -0.655. The van der Waals surface area contributed by atoms with Gasteiger partial charge in [0, 0.05) is 25.2 Å². The van der Waals surface area contributed by atoms with Crippen LogP contribution in [-0.2, 0) is 17.8 Å². The second-order valence-electron chi connectivity index (χ2n) is 7.43. The standard InChI is InChI=1S/C22H27FN4O3/c1-3-18-6-7-19(12-25-18)27(22(24)29)13-16-9-17(23)11-21(10-16)30-20-5-4-8-26(14-20)15(2)28/h6-7,9-12,20H,3-5,8,13-14H2,1-2H3,(H2,24,29)/t20-/m1/s1. The smallest absolute Gasteiger partial charge is 0.319 e. The number of halogens is 1. The predicted octanol–water partition coefficient (Wildman–Crippen LogP) is 3.26. The van der Waals surface area contributed by atoms with E-state index in [1.54, 1.807) is 23.2 Å². The number of anilines is 1. The Hall–Kier alpha value is -3.16. The zero-order valence-corrected chi connectivity index (χ0v) is 17.3. The van der Waals surface area contributed by atoms with Gasteiger partial charge in [-0.1, -0.05) is 6.92 Å². The Kier molecular flexibility index (Phi) is 6.87. The van der Waals surface area contributed by atoms with Crippen LogP contribution in [0.15, 0.2) is 36.5 Å². The molecule has 160 valence electrons. The van der Waals surface area contributed by atoms with Crippen molar-refractivity contribution in [2.75, 3.05) is 18.0 Å². The highest BCUT2D eigenvalue weighted by molar-refractivity contribution is 5.90. The third kappa shape index (κ3) is 5.46. The predicted molar refractivity (Wildman–Crippen MR) is 112 cm³/mol. The SMILES string of the molecule is CCc1ccc(N(Cc2cc(F)cc(O[C@@H]3CCCN(C(C)=O)C3)c2)C(N)=O)cn1. The van der Waals surface area contributed by atoms with Crippen LogP contribution < -0.4 is 15.4 Å². The molecule has 0 bridgehead atoms. The van der Waals surface area contributed by atoms with E-state index < -0.39 is 11.8 Å². The van der Waals surface area contributed by atoms with Crippen LogP contribution in [0.5, 0.6) is 5.75 Å². The van der Waals surface area contributed by atoms with Crippen molar-refractivity contribution in [1.82, 2.24) is 9.88 Å². The van der Waals surface area contributed by atoms with E-state index in [9.17, 15) is 14.0 Å². The summed E-state index contributed by atoms with van der Waals surface area (Å²) in [7, 11) is 0. The topological polar surface area (TPSA) is 88.8 Å². The van der Waals surface area contributed by atoms with Crippen LogP contribution in [0.1, 0.15) is 37.9 Å². The summed E-state index contributed by atoms with van der Waals surface area (Å²) in [4.78, 5) is 31.0. The fraction of sp³-hybridized carbons (Fsp3) is 0.409. The highest BCUT2D eigenvalue weighted by atomic mass is 19.1.